The number of aryl methyl sites for hydroxylation is 1. The molecule has 0 N–H and O–H groups in total. The molecule has 2 rings (SSSR count). The molecule has 0 heterocycles. The van der Waals surface area contributed by atoms with Crippen molar-refractivity contribution < 1.29 is 18.8 Å². The third kappa shape index (κ3) is 13.4. The van der Waals surface area contributed by atoms with Crippen LogP contribution < -0.4 is 4.74 Å². The average molecular weight is 553 g/mol. The van der Waals surface area contributed by atoms with E-state index in [1.54, 1.807) is 0 Å². The van der Waals surface area contributed by atoms with E-state index < -0.39 is 6.29 Å². The molecule has 0 aliphatic rings. The first-order chi connectivity index (χ1) is 19.4. The van der Waals surface area contributed by atoms with E-state index in [1.807, 2.05) is 19.1 Å². The Hall–Kier alpha value is -2.33. The molecule has 0 amide bonds. The standard InChI is InChI=1S/C36H58NO3/c1-6-9-10-11-12-13-14-15-16-17-19-24-31-27-22-28-33(29-31)39-35(8-3)40-36(38)34(23-7-2)37(4,5)30-32-25-20-18-21-26-32/h18,20-22,25-29,34-35H,6-17,19,23-24,30H2,1-5H3/q+1. The second-order valence-electron chi connectivity index (χ2n) is 12.1. The number of unbranched alkanes of at least 4 members (excludes halogenated alkanes) is 10. The summed E-state index contributed by atoms with van der Waals surface area (Å²) in [5, 5.41) is 0. The SMILES string of the molecule is CCCCCCCCCCCCCc1cccc(OC(CC)OC(=O)C(CCC)[N+](C)(C)Cc2ccccc2)c1. The van der Waals surface area contributed by atoms with Crippen molar-refractivity contribution in [1.29, 1.82) is 0 Å². The minimum absolute atomic E-state index is 0.174. The molecule has 0 fully saturated rings. The van der Waals surface area contributed by atoms with Crippen molar-refractivity contribution in [3.8, 4) is 5.75 Å². The van der Waals surface area contributed by atoms with Crippen LogP contribution >= 0.6 is 0 Å². The molecular weight excluding hydrogens is 494 g/mol. The highest BCUT2D eigenvalue weighted by atomic mass is 16.7. The number of nitrogens with zero attached hydrogens (tertiary/aromatic N) is 1. The number of carbonyl (C=O) groups is 1. The molecule has 2 aromatic rings. The highest BCUT2D eigenvalue weighted by molar-refractivity contribution is 5.74. The van der Waals surface area contributed by atoms with Crippen LogP contribution in [0.3, 0.4) is 0 Å². The fourth-order valence-electron chi connectivity index (χ4n) is 5.51. The lowest BCUT2D eigenvalue weighted by Gasteiger charge is -2.37. The zero-order valence-corrected chi connectivity index (χ0v) is 26.3. The minimum Gasteiger partial charge on any atom is -0.455 e. The van der Waals surface area contributed by atoms with Gasteiger partial charge >= 0.3 is 5.97 Å². The lowest BCUT2D eigenvalue weighted by atomic mass is 10.0. The second-order valence-corrected chi connectivity index (χ2v) is 12.1. The van der Waals surface area contributed by atoms with Crippen LogP contribution in [-0.2, 0) is 22.5 Å². The van der Waals surface area contributed by atoms with Gasteiger partial charge in [0.1, 0.15) is 12.3 Å². The largest absolute Gasteiger partial charge is 0.455 e. The van der Waals surface area contributed by atoms with Gasteiger partial charge in [-0.05, 0) is 37.0 Å². The van der Waals surface area contributed by atoms with Crippen LogP contribution in [0.15, 0.2) is 54.6 Å². The zero-order chi connectivity index (χ0) is 29.1. The zero-order valence-electron chi connectivity index (χ0n) is 26.3. The monoisotopic (exact) mass is 552 g/mol. The lowest BCUT2D eigenvalue weighted by Crippen LogP contribution is -2.53. The van der Waals surface area contributed by atoms with Crippen LogP contribution in [0.25, 0.3) is 0 Å². The van der Waals surface area contributed by atoms with Gasteiger partial charge in [-0.2, -0.15) is 0 Å². The second kappa shape index (κ2) is 19.7. The van der Waals surface area contributed by atoms with E-state index >= 15 is 0 Å². The normalized spacial score (nSPS) is 13.1. The van der Waals surface area contributed by atoms with Gasteiger partial charge in [-0.15, -0.1) is 0 Å². The number of ether oxygens (including phenoxy) is 2. The molecule has 0 aromatic heterocycles. The van der Waals surface area contributed by atoms with Crippen LogP contribution in [0, 0.1) is 0 Å². The highest BCUT2D eigenvalue weighted by Gasteiger charge is 2.37. The molecule has 40 heavy (non-hydrogen) atoms. The Bertz CT molecular complexity index is 927. The fraction of sp³-hybridized carbons (Fsp3) is 0.639. The van der Waals surface area contributed by atoms with E-state index in [0.29, 0.717) is 10.9 Å². The first-order valence-corrected chi connectivity index (χ1v) is 16.2. The summed E-state index contributed by atoms with van der Waals surface area (Å²) in [6.45, 7) is 7.18. The number of carbonyl (C=O) groups excluding carboxylic acids is 1. The van der Waals surface area contributed by atoms with Crippen molar-refractivity contribution in [2.75, 3.05) is 14.1 Å². The van der Waals surface area contributed by atoms with Crippen molar-refractivity contribution in [3.05, 3.63) is 65.7 Å². The molecule has 0 bridgehead atoms. The maximum atomic E-state index is 13.4. The Kier molecular flexibility index (Phi) is 16.7. The van der Waals surface area contributed by atoms with E-state index in [0.717, 1.165) is 31.6 Å². The number of quaternary nitrogens is 1. The molecule has 0 saturated heterocycles. The number of hydrogen-bond acceptors (Lipinski definition) is 3. The topological polar surface area (TPSA) is 35.5 Å². The van der Waals surface area contributed by atoms with Gasteiger partial charge in [0.25, 0.3) is 0 Å². The molecule has 0 spiro atoms. The van der Waals surface area contributed by atoms with Gasteiger partial charge in [0, 0.05) is 18.4 Å². The Balaban J connectivity index is 1.80. The number of hydrogen-bond donors (Lipinski definition) is 0. The van der Waals surface area contributed by atoms with Crippen LogP contribution in [0.1, 0.15) is 122 Å². The first kappa shape index (κ1) is 33.9. The Morgan fingerprint density at radius 2 is 1.32 bits per heavy atom. The Morgan fingerprint density at radius 1 is 0.725 bits per heavy atom. The molecule has 0 aliphatic heterocycles. The van der Waals surface area contributed by atoms with Crippen LogP contribution in [-0.4, -0.2) is 36.9 Å². The van der Waals surface area contributed by atoms with E-state index in [9.17, 15) is 4.79 Å². The van der Waals surface area contributed by atoms with Crippen LogP contribution in [0.2, 0.25) is 0 Å². The van der Waals surface area contributed by atoms with Gasteiger partial charge in [0.15, 0.2) is 6.04 Å². The van der Waals surface area contributed by atoms with Crippen LogP contribution in [0.4, 0.5) is 0 Å². The quantitative estimate of drug-likeness (QED) is 0.0631. The highest BCUT2D eigenvalue weighted by Crippen LogP contribution is 2.23. The Morgan fingerprint density at radius 3 is 1.93 bits per heavy atom. The summed E-state index contributed by atoms with van der Waals surface area (Å²) in [5.74, 6) is 0.608. The number of esters is 1. The Labute approximate surface area is 246 Å². The maximum absolute atomic E-state index is 13.4. The van der Waals surface area contributed by atoms with Crippen LogP contribution in [0.5, 0.6) is 5.75 Å². The minimum atomic E-state index is -0.583. The average Bonchev–Trinajstić information content (AvgIpc) is 2.94. The predicted molar refractivity (Wildman–Crippen MR) is 168 cm³/mol. The molecule has 2 aromatic carbocycles. The number of benzene rings is 2. The van der Waals surface area contributed by atoms with Gasteiger partial charge in [-0.25, -0.2) is 4.79 Å². The maximum Gasteiger partial charge on any atom is 0.368 e. The summed E-state index contributed by atoms with van der Waals surface area (Å²) in [7, 11) is 4.24. The lowest BCUT2D eigenvalue weighted by molar-refractivity contribution is -0.920. The van der Waals surface area contributed by atoms with E-state index in [-0.39, 0.29) is 12.0 Å². The number of likely N-dealkylation sites (N-methyl/N-ethyl adjacent to an activating group) is 1. The van der Waals surface area contributed by atoms with Crippen molar-refractivity contribution in [2.45, 2.75) is 136 Å². The third-order valence-electron chi connectivity index (χ3n) is 7.93. The molecular formula is C36H58NO3+. The predicted octanol–water partition coefficient (Wildman–Crippen LogP) is 9.64. The van der Waals surface area contributed by atoms with Gasteiger partial charge in [-0.1, -0.05) is 127 Å². The molecule has 4 nitrogen and oxygen atoms in total. The molecule has 0 radical (unpaired) electrons. The van der Waals surface area contributed by atoms with Crippen molar-refractivity contribution in [3.63, 3.8) is 0 Å². The van der Waals surface area contributed by atoms with Crippen molar-refractivity contribution >= 4 is 5.97 Å². The van der Waals surface area contributed by atoms with E-state index in [1.165, 1.54) is 81.8 Å². The summed E-state index contributed by atoms with van der Waals surface area (Å²) >= 11 is 0. The summed E-state index contributed by atoms with van der Waals surface area (Å²) < 4.78 is 12.7. The fourth-order valence-corrected chi connectivity index (χ4v) is 5.51. The molecule has 0 saturated carbocycles. The smallest absolute Gasteiger partial charge is 0.368 e. The van der Waals surface area contributed by atoms with Gasteiger partial charge in [0.2, 0.25) is 6.29 Å². The number of rotatable bonds is 22. The van der Waals surface area contributed by atoms with Crippen molar-refractivity contribution in [2.24, 2.45) is 0 Å². The molecule has 2 atom stereocenters. The summed E-state index contributed by atoms with van der Waals surface area (Å²) in [6.07, 6.45) is 17.7. The van der Waals surface area contributed by atoms with E-state index in [2.05, 4.69) is 70.4 Å². The molecule has 2 unspecified atom stereocenters. The van der Waals surface area contributed by atoms with Crippen molar-refractivity contribution in [1.82, 2.24) is 0 Å². The summed E-state index contributed by atoms with van der Waals surface area (Å²) in [4.78, 5) is 13.4. The van der Waals surface area contributed by atoms with Gasteiger partial charge in [-0.3, -0.25) is 0 Å². The summed E-state index contributed by atoms with van der Waals surface area (Å²) in [5.41, 5.74) is 2.51. The molecule has 4 heteroatoms. The van der Waals surface area contributed by atoms with Gasteiger partial charge < -0.3 is 14.0 Å². The third-order valence-corrected chi connectivity index (χ3v) is 7.93. The molecule has 0 aliphatic carbocycles. The van der Waals surface area contributed by atoms with E-state index in [4.69, 9.17) is 9.47 Å². The molecule has 224 valence electrons. The summed E-state index contributed by atoms with van der Waals surface area (Å²) in [6, 6.07) is 18.4. The van der Waals surface area contributed by atoms with Gasteiger partial charge in [0.05, 0.1) is 14.1 Å². The first-order valence-electron chi connectivity index (χ1n) is 16.2.